The molecule has 0 aliphatic carbocycles. The van der Waals surface area contributed by atoms with E-state index in [0.717, 1.165) is 0 Å². The maximum absolute atomic E-state index is 12.5. The molecule has 0 saturated heterocycles. The van der Waals surface area contributed by atoms with Crippen LogP contribution in [0.4, 0.5) is 32.0 Å². The second-order valence-electron chi connectivity index (χ2n) is 3.10. The molecule has 0 aliphatic rings. The Labute approximate surface area is 105 Å². The van der Waals surface area contributed by atoms with Gasteiger partial charge in [-0.1, -0.05) is 11.6 Å². The maximum Gasteiger partial charge on any atom is 0.573 e. The van der Waals surface area contributed by atoms with Crippen LogP contribution in [0.25, 0.3) is 0 Å². The van der Waals surface area contributed by atoms with E-state index in [1.165, 1.54) is 0 Å². The minimum absolute atomic E-state index is 0.0933. The van der Waals surface area contributed by atoms with E-state index in [9.17, 15) is 36.5 Å². The van der Waals surface area contributed by atoms with Crippen LogP contribution in [0, 0.1) is 10.1 Å². The molecular weight excluding hydrogens is 308 g/mol. The first-order valence-corrected chi connectivity index (χ1v) is 4.60. The number of benzene rings is 1. The van der Waals surface area contributed by atoms with Crippen molar-refractivity contribution in [3.63, 3.8) is 0 Å². The summed E-state index contributed by atoms with van der Waals surface area (Å²) in [5.41, 5.74) is -3.12. The highest BCUT2D eigenvalue weighted by Gasteiger charge is 2.41. The summed E-state index contributed by atoms with van der Waals surface area (Å²) in [6, 6.07) is -0.0284. The Morgan fingerprint density at radius 3 is 2.05 bits per heavy atom. The molecule has 0 fully saturated rings. The fourth-order valence-electron chi connectivity index (χ4n) is 1.11. The molecule has 0 heterocycles. The lowest BCUT2D eigenvalue weighted by Gasteiger charge is -2.15. The number of halogens is 7. The number of nitro groups is 1. The van der Waals surface area contributed by atoms with Gasteiger partial charge >= 0.3 is 12.5 Å². The zero-order valence-corrected chi connectivity index (χ0v) is 9.23. The quantitative estimate of drug-likeness (QED) is 0.468. The summed E-state index contributed by atoms with van der Waals surface area (Å²) in [5.74, 6) is -1.66. The second-order valence-corrected chi connectivity index (χ2v) is 3.51. The zero-order valence-electron chi connectivity index (χ0n) is 8.47. The third-order valence-electron chi connectivity index (χ3n) is 1.78. The van der Waals surface area contributed by atoms with Crippen LogP contribution in [0.15, 0.2) is 12.1 Å². The van der Waals surface area contributed by atoms with Crippen LogP contribution in [0.1, 0.15) is 5.56 Å². The van der Waals surface area contributed by atoms with E-state index < -0.39 is 39.5 Å². The van der Waals surface area contributed by atoms with Gasteiger partial charge in [0.25, 0.3) is 5.69 Å². The molecule has 0 aliphatic heterocycles. The monoisotopic (exact) mass is 309 g/mol. The summed E-state index contributed by atoms with van der Waals surface area (Å²) in [7, 11) is 0. The molecule has 0 saturated carbocycles. The van der Waals surface area contributed by atoms with Crippen molar-refractivity contribution in [2.75, 3.05) is 0 Å². The lowest BCUT2D eigenvalue weighted by atomic mass is 10.1. The summed E-state index contributed by atoms with van der Waals surface area (Å²) < 4.78 is 76.4. The van der Waals surface area contributed by atoms with Gasteiger partial charge in [0.15, 0.2) is 0 Å². The SMILES string of the molecule is O=[N+]([O-])c1cc(C(F)(F)F)c(OC(F)(F)F)cc1Cl. The normalized spacial score (nSPS) is 12.4. The van der Waals surface area contributed by atoms with Gasteiger partial charge in [-0.05, 0) is 0 Å². The number of nitrogens with zero attached hydrogens (tertiary/aromatic N) is 1. The van der Waals surface area contributed by atoms with E-state index in [4.69, 9.17) is 11.6 Å². The smallest absolute Gasteiger partial charge is 0.405 e. The van der Waals surface area contributed by atoms with Crippen LogP contribution in [-0.4, -0.2) is 11.3 Å². The van der Waals surface area contributed by atoms with E-state index in [0.29, 0.717) is 0 Å². The molecular formula is C8H2ClF6NO3. The van der Waals surface area contributed by atoms with Crippen LogP contribution >= 0.6 is 11.6 Å². The first kappa shape index (κ1) is 15.3. The van der Waals surface area contributed by atoms with Gasteiger partial charge in [0.1, 0.15) is 16.3 Å². The Kier molecular flexibility index (Phi) is 3.84. The minimum Gasteiger partial charge on any atom is -0.405 e. The maximum atomic E-state index is 12.5. The molecule has 1 aromatic rings. The molecule has 0 bridgehead atoms. The van der Waals surface area contributed by atoms with Gasteiger partial charge in [-0.2, -0.15) is 13.2 Å². The number of hydrogen-bond acceptors (Lipinski definition) is 3. The van der Waals surface area contributed by atoms with Crippen molar-refractivity contribution in [1.82, 2.24) is 0 Å². The second kappa shape index (κ2) is 4.76. The van der Waals surface area contributed by atoms with Gasteiger partial charge in [0, 0.05) is 12.1 Å². The fraction of sp³-hybridized carbons (Fsp3) is 0.250. The summed E-state index contributed by atoms with van der Waals surface area (Å²) >= 11 is 5.22. The largest absolute Gasteiger partial charge is 0.573 e. The molecule has 11 heteroatoms. The van der Waals surface area contributed by atoms with E-state index in [-0.39, 0.29) is 12.1 Å². The molecule has 0 aromatic heterocycles. The molecule has 0 unspecified atom stereocenters. The van der Waals surface area contributed by atoms with Crippen LogP contribution < -0.4 is 4.74 Å². The molecule has 0 spiro atoms. The Morgan fingerprint density at radius 2 is 1.68 bits per heavy atom. The van der Waals surface area contributed by atoms with E-state index in [1.54, 1.807) is 0 Å². The van der Waals surface area contributed by atoms with Crippen molar-refractivity contribution in [3.05, 3.63) is 32.8 Å². The predicted octanol–water partition coefficient (Wildman–Crippen LogP) is 4.17. The number of alkyl halides is 6. The van der Waals surface area contributed by atoms with E-state index in [2.05, 4.69) is 4.74 Å². The molecule has 0 N–H and O–H groups in total. The number of ether oxygens (including phenoxy) is 1. The molecule has 19 heavy (non-hydrogen) atoms. The van der Waals surface area contributed by atoms with Gasteiger partial charge in [-0.3, -0.25) is 10.1 Å². The molecule has 106 valence electrons. The first-order valence-electron chi connectivity index (χ1n) is 4.22. The number of hydrogen-bond donors (Lipinski definition) is 0. The Balaban J connectivity index is 3.46. The topological polar surface area (TPSA) is 52.4 Å². The average molecular weight is 310 g/mol. The van der Waals surface area contributed by atoms with Gasteiger partial charge < -0.3 is 4.74 Å². The lowest BCUT2D eigenvalue weighted by molar-refractivity contribution is -0.385. The van der Waals surface area contributed by atoms with Gasteiger partial charge in [-0.25, -0.2) is 0 Å². The number of rotatable bonds is 2. The van der Waals surface area contributed by atoms with Crippen molar-refractivity contribution in [3.8, 4) is 5.75 Å². The highest BCUT2D eigenvalue weighted by atomic mass is 35.5. The summed E-state index contributed by atoms with van der Waals surface area (Å²) in [6.45, 7) is 0. The molecule has 4 nitrogen and oxygen atoms in total. The van der Waals surface area contributed by atoms with Crippen molar-refractivity contribution >= 4 is 17.3 Å². The highest BCUT2D eigenvalue weighted by molar-refractivity contribution is 6.32. The van der Waals surface area contributed by atoms with Crippen LogP contribution in [-0.2, 0) is 6.18 Å². The highest BCUT2D eigenvalue weighted by Crippen LogP contribution is 2.43. The average Bonchev–Trinajstić information content (AvgIpc) is 2.11. The number of nitro benzene ring substituents is 1. The van der Waals surface area contributed by atoms with Crippen LogP contribution in [0.5, 0.6) is 5.75 Å². The first-order chi connectivity index (χ1) is 8.42. The van der Waals surface area contributed by atoms with E-state index >= 15 is 0 Å². The van der Waals surface area contributed by atoms with Gasteiger partial charge in [0.2, 0.25) is 0 Å². The third-order valence-corrected chi connectivity index (χ3v) is 2.08. The van der Waals surface area contributed by atoms with Crippen molar-refractivity contribution < 1.29 is 36.0 Å². The van der Waals surface area contributed by atoms with Crippen molar-refractivity contribution in [2.45, 2.75) is 12.5 Å². The summed E-state index contributed by atoms with van der Waals surface area (Å²) in [6.07, 6.45) is -10.7. The zero-order chi connectivity index (χ0) is 15.0. The van der Waals surface area contributed by atoms with Crippen LogP contribution in [0.2, 0.25) is 5.02 Å². The van der Waals surface area contributed by atoms with E-state index in [1.807, 2.05) is 0 Å². The minimum atomic E-state index is -5.39. The van der Waals surface area contributed by atoms with Crippen LogP contribution in [0.3, 0.4) is 0 Å². The predicted molar refractivity (Wildman–Crippen MR) is 49.8 cm³/mol. The summed E-state index contributed by atoms with van der Waals surface area (Å²) in [5, 5.41) is 9.48. The molecule has 0 amide bonds. The Hall–Kier alpha value is -1.71. The Bertz CT molecular complexity index is 512. The summed E-state index contributed by atoms with van der Waals surface area (Å²) in [4.78, 5) is 9.13. The van der Waals surface area contributed by atoms with Crippen molar-refractivity contribution in [2.24, 2.45) is 0 Å². The van der Waals surface area contributed by atoms with Gasteiger partial charge in [0.05, 0.1) is 4.92 Å². The lowest BCUT2D eigenvalue weighted by Crippen LogP contribution is -2.20. The van der Waals surface area contributed by atoms with Crippen molar-refractivity contribution in [1.29, 1.82) is 0 Å². The fourth-order valence-corrected chi connectivity index (χ4v) is 1.34. The molecule has 0 radical (unpaired) electrons. The Morgan fingerprint density at radius 1 is 1.16 bits per heavy atom. The standard InChI is InChI=1S/C8H2ClF6NO3/c9-4-2-6(19-8(13,14)15)3(7(10,11)12)1-5(4)16(17)18/h1-2H. The molecule has 0 atom stereocenters. The molecule has 1 aromatic carbocycles. The third kappa shape index (κ3) is 3.88. The molecule has 1 rings (SSSR count). The van der Waals surface area contributed by atoms with Gasteiger partial charge in [-0.15, -0.1) is 13.2 Å².